The lowest BCUT2D eigenvalue weighted by Crippen LogP contribution is -2.57. The Labute approximate surface area is 144 Å². The maximum Gasteiger partial charge on any atom is 0.352 e. The molecule has 0 heterocycles. The summed E-state index contributed by atoms with van der Waals surface area (Å²) in [5.41, 5.74) is -1.37. The molecule has 24 heavy (non-hydrogen) atoms. The number of ether oxygens (including phenoxy) is 2. The molecule has 0 spiro atoms. The Morgan fingerprint density at radius 2 is 1.75 bits per heavy atom. The van der Waals surface area contributed by atoms with Gasteiger partial charge in [0.25, 0.3) is 11.5 Å². The lowest BCUT2D eigenvalue weighted by molar-refractivity contribution is -0.176. The van der Waals surface area contributed by atoms with Gasteiger partial charge in [0.2, 0.25) is 0 Å². The third-order valence-electron chi connectivity index (χ3n) is 3.17. The summed E-state index contributed by atoms with van der Waals surface area (Å²) >= 11 is 0. The van der Waals surface area contributed by atoms with Crippen molar-refractivity contribution in [2.45, 2.75) is 32.2 Å². The van der Waals surface area contributed by atoms with Gasteiger partial charge in [-0.05, 0) is 26.6 Å². The highest BCUT2D eigenvalue weighted by Crippen LogP contribution is 2.33. The maximum atomic E-state index is 13.2. The van der Waals surface area contributed by atoms with E-state index in [0.717, 1.165) is 0 Å². The van der Waals surface area contributed by atoms with Crippen LogP contribution in [0, 0.1) is 0 Å². The van der Waals surface area contributed by atoms with Crippen molar-refractivity contribution < 1.29 is 23.5 Å². The number of rotatable bonds is 8. The maximum absolute atomic E-state index is 13.2. The second kappa shape index (κ2) is 8.41. The molecule has 1 aromatic rings. The zero-order chi connectivity index (χ0) is 18.4. The van der Waals surface area contributed by atoms with E-state index in [4.69, 9.17) is 13.9 Å². The molecule has 0 saturated heterocycles. The van der Waals surface area contributed by atoms with Gasteiger partial charge in [-0.15, -0.1) is 0 Å². The van der Waals surface area contributed by atoms with Crippen molar-refractivity contribution >= 4 is 20.2 Å². The fourth-order valence-corrected chi connectivity index (χ4v) is 3.57. The quantitative estimate of drug-likeness (QED) is 0.311. The van der Waals surface area contributed by atoms with Gasteiger partial charge in [0.1, 0.15) is 6.73 Å². The van der Waals surface area contributed by atoms with E-state index in [1.807, 2.05) is 25.7 Å². The Balaban J connectivity index is 3.54. The van der Waals surface area contributed by atoms with E-state index < -0.39 is 25.8 Å². The second-order valence-electron chi connectivity index (χ2n) is 6.40. The minimum absolute atomic E-state index is 0.0435. The Bertz CT molecular complexity index is 558. The van der Waals surface area contributed by atoms with Gasteiger partial charge in [0, 0.05) is 19.7 Å². The number of hydrogen-bond acceptors (Lipinski definition) is 5. The Morgan fingerprint density at radius 3 is 2.21 bits per heavy atom. The summed E-state index contributed by atoms with van der Waals surface area (Å²) in [5, 5.41) is 0. The molecule has 6 nitrogen and oxygen atoms in total. The van der Waals surface area contributed by atoms with Crippen LogP contribution in [-0.4, -0.2) is 52.6 Å². The van der Waals surface area contributed by atoms with Crippen LogP contribution in [0.5, 0.6) is 0 Å². The van der Waals surface area contributed by atoms with Gasteiger partial charge in [-0.25, -0.2) is 4.79 Å². The van der Waals surface area contributed by atoms with Crippen LogP contribution in [0.1, 0.15) is 12.5 Å². The highest BCUT2D eigenvalue weighted by molar-refractivity contribution is 6.70. The molecule has 0 saturated carbocycles. The van der Waals surface area contributed by atoms with E-state index in [1.165, 1.54) is 12.0 Å². The Kier molecular flexibility index (Phi) is 7.13. The zero-order valence-electron chi connectivity index (χ0n) is 15.3. The van der Waals surface area contributed by atoms with Gasteiger partial charge in [-0.1, -0.05) is 30.3 Å². The van der Waals surface area contributed by atoms with Crippen LogP contribution in [0.4, 0.5) is 0 Å². The molecule has 1 atom stereocenters. The van der Waals surface area contributed by atoms with Crippen molar-refractivity contribution in [3.8, 4) is 0 Å². The molecule has 134 valence electrons. The lowest BCUT2D eigenvalue weighted by Gasteiger charge is -2.38. The molecule has 0 aliphatic rings. The molecule has 0 fully saturated rings. The van der Waals surface area contributed by atoms with Crippen molar-refractivity contribution in [3.63, 3.8) is 0 Å². The number of nitrogens with zero attached hydrogens (tertiary/aromatic N) is 1. The van der Waals surface area contributed by atoms with Crippen LogP contribution in [0.2, 0.25) is 19.6 Å². The monoisotopic (exact) mass is 353 g/mol. The number of benzene rings is 1. The zero-order valence-corrected chi connectivity index (χ0v) is 16.3. The molecule has 0 bridgehead atoms. The van der Waals surface area contributed by atoms with Crippen LogP contribution < -0.4 is 0 Å². The van der Waals surface area contributed by atoms with E-state index in [-0.39, 0.29) is 13.3 Å². The van der Waals surface area contributed by atoms with Crippen LogP contribution in [-0.2, 0) is 29.1 Å². The molecule has 1 amide bonds. The molecule has 1 rings (SSSR count). The van der Waals surface area contributed by atoms with E-state index in [0.29, 0.717) is 5.56 Å². The van der Waals surface area contributed by atoms with Crippen LogP contribution in [0.25, 0.3) is 0 Å². The average Bonchev–Trinajstić information content (AvgIpc) is 2.52. The average molecular weight is 353 g/mol. The third kappa shape index (κ3) is 4.65. The predicted octanol–water partition coefficient (Wildman–Crippen LogP) is 2.36. The highest BCUT2D eigenvalue weighted by Gasteiger charge is 2.54. The molecular formula is C17H27NO5Si. The van der Waals surface area contributed by atoms with Gasteiger partial charge < -0.3 is 18.8 Å². The summed E-state index contributed by atoms with van der Waals surface area (Å²) in [7, 11) is 0.762. The summed E-state index contributed by atoms with van der Waals surface area (Å²) < 4.78 is 16.4. The summed E-state index contributed by atoms with van der Waals surface area (Å²) in [4.78, 5) is 27.4. The fraction of sp³-hybridized carbons (Fsp3) is 0.529. The molecule has 0 aliphatic carbocycles. The van der Waals surface area contributed by atoms with E-state index in [9.17, 15) is 9.59 Å². The van der Waals surface area contributed by atoms with E-state index in [1.54, 1.807) is 38.2 Å². The molecule has 7 heteroatoms. The summed E-state index contributed by atoms with van der Waals surface area (Å²) in [5.74, 6) is -1.21. The third-order valence-corrected chi connectivity index (χ3v) is 4.09. The number of hydrogen-bond donors (Lipinski definition) is 0. The predicted molar refractivity (Wildman–Crippen MR) is 93.8 cm³/mol. The normalized spacial score (nSPS) is 13.9. The van der Waals surface area contributed by atoms with Crippen molar-refractivity contribution in [1.82, 2.24) is 4.90 Å². The summed E-state index contributed by atoms with van der Waals surface area (Å²) in [6, 6.07) is 8.75. The first-order chi connectivity index (χ1) is 11.2. The number of carbonyl (C=O) groups is 2. The molecule has 1 aromatic carbocycles. The van der Waals surface area contributed by atoms with Gasteiger partial charge in [0.05, 0.1) is 6.61 Å². The van der Waals surface area contributed by atoms with E-state index in [2.05, 4.69) is 0 Å². The molecular weight excluding hydrogens is 326 g/mol. The van der Waals surface area contributed by atoms with Crippen LogP contribution in [0.3, 0.4) is 0 Å². The minimum Gasteiger partial charge on any atom is -0.463 e. The van der Waals surface area contributed by atoms with Gasteiger partial charge in [-0.2, -0.15) is 0 Å². The largest absolute Gasteiger partial charge is 0.463 e. The first-order valence-corrected chi connectivity index (χ1v) is 11.3. The van der Waals surface area contributed by atoms with Crippen LogP contribution >= 0.6 is 0 Å². The Hall–Kier alpha value is -1.70. The first kappa shape index (κ1) is 20.3. The first-order valence-electron chi connectivity index (χ1n) is 7.86. The van der Waals surface area contributed by atoms with Crippen molar-refractivity contribution in [2.75, 3.05) is 27.5 Å². The van der Waals surface area contributed by atoms with Crippen LogP contribution in [0.15, 0.2) is 30.3 Å². The fourth-order valence-electron chi connectivity index (χ4n) is 2.36. The van der Waals surface area contributed by atoms with Crippen molar-refractivity contribution in [2.24, 2.45) is 0 Å². The number of esters is 1. The Morgan fingerprint density at radius 1 is 1.17 bits per heavy atom. The lowest BCUT2D eigenvalue weighted by atomic mass is 9.92. The molecule has 0 aromatic heterocycles. The van der Waals surface area contributed by atoms with Gasteiger partial charge >= 0.3 is 5.97 Å². The number of methoxy groups -OCH3 is 1. The standard InChI is InChI=1S/C17H27NO5Si/c1-7-22-16(20)17(23-24(4,5)6,14-11-9-8-10-12-14)15(19)18(2)13-21-3/h8-12H,7,13H2,1-6H3. The topological polar surface area (TPSA) is 65.1 Å². The highest BCUT2D eigenvalue weighted by atomic mass is 28.4. The molecule has 0 radical (unpaired) electrons. The SMILES string of the molecule is CCOC(=O)C(O[Si](C)(C)C)(C(=O)N(C)COC)c1ccccc1. The number of amides is 1. The molecule has 1 unspecified atom stereocenters. The van der Waals surface area contributed by atoms with Crippen molar-refractivity contribution in [3.05, 3.63) is 35.9 Å². The minimum atomic E-state index is -2.29. The van der Waals surface area contributed by atoms with E-state index >= 15 is 0 Å². The smallest absolute Gasteiger partial charge is 0.352 e. The number of carbonyl (C=O) groups excluding carboxylic acids is 2. The number of likely N-dealkylation sites (N-methyl/N-ethyl adjacent to an activating group) is 1. The summed E-state index contributed by atoms with van der Waals surface area (Å²) in [6.07, 6.45) is 0. The van der Waals surface area contributed by atoms with Crippen molar-refractivity contribution in [1.29, 1.82) is 0 Å². The summed E-state index contributed by atoms with van der Waals surface area (Å²) in [6.45, 7) is 7.67. The second-order valence-corrected chi connectivity index (χ2v) is 10.8. The van der Waals surface area contributed by atoms with Gasteiger partial charge in [0.15, 0.2) is 8.32 Å². The molecule has 0 N–H and O–H groups in total. The van der Waals surface area contributed by atoms with Gasteiger partial charge in [-0.3, -0.25) is 4.79 Å². The molecule has 0 aliphatic heterocycles.